The van der Waals surface area contributed by atoms with Crippen LogP contribution in [0.4, 0.5) is 17.1 Å². The zero-order valence-electron chi connectivity index (χ0n) is 15.0. The molecule has 1 atom stereocenters. The largest absolute Gasteiger partial charge is 0.374 e. The van der Waals surface area contributed by atoms with Crippen LogP contribution in [0.1, 0.15) is 31.7 Å². The molecule has 0 aliphatic carbocycles. The summed E-state index contributed by atoms with van der Waals surface area (Å²) in [4.78, 5) is 14.8. The second-order valence-corrected chi connectivity index (χ2v) is 6.64. The maximum absolute atomic E-state index is 12.4. The zero-order chi connectivity index (χ0) is 18.4. The topological polar surface area (TPSA) is 68.2 Å². The van der Waals surface area contributed by atoms with E-state index in [0.29, 0.717) is 11.3 Å². The molecule has 26 heavy (non-hydrogen) atoms. The van der Waals surface area contributed by atoms with Crippen molar-refractivity contribution in [3.8, 4) is 6.07 Å². The summed E-state index contributed by atoms with van der Waals surface area (Å²) in [6.07, 6.45) is 3.83. The van der Waals surface area contributed by atoms with Crippen LogP contribution in [0.25, 0.3) is 0 Å². The van der Waals surface area contributed by atoms with E-state index < -0.39 is 0 Å². The number of piperidine rings is 1. The fourth-order valence-corrected chi connectivity index (χ4v) is 3.15. The average molecular weight is 348 g/mol. The lowest BCUT2D eigenvalue weighted by Crippen LogP contribution is -2.32. The van der Waals surface area contributed by atoms with Crippen molar-refractivity contribution in [3.05, 3.63) is 54.1 Å². The molecule has 1 aliphatic rings. The highest BCUT2D eigenvalue weighted by Gasteiger charge is 2.14. The van der Waals surface area contributed by atoms with Gasteiger partial charge in [-0.05, 0) is 68.7 Å². The highest BCUT2D eigenvalue weighted by atomic mass is 16.2. The smallest absolute Gasteiger partial charge is 0.246 e. The number of nitrogens with zero attached hydrogens (tertiary/aromatic N) is 2. The summed E-state index contributed by atoms with van der Waals surface area (Å²) in [5.41, 5.74) is 3.31. The highest BCUT2D eigenvalue weighted by molar-refractivity contribution is 5.96. The van der Waals surface area contributed by atoms with Gasteiger partial charge in [0.2, 0.25) is 5.91 Å². The molecule has 134 valence electrons. The first-order valence-electron chi connectivity index (χ1n) is 9.08. The molecular formula is C21H24N4O. The summed E-state index contributed by atoms with van der Waals surface area (Å²) in [5.74, 6) is -0.139. The molecule has 5 heteroatoms. The van der Waals surface area contributed by atoms with E-state index in [1.165, 1.54) is 24.9 Å². The Morgan fingerprint density at radius 1 is 1.08 bits per heavy atom. The van der Waals surface area contributed by atoms with Crippen molar-refractivity contribution in [1.29, 1.82) is 5.26 Å². The molecule has 2 aromatic carbocycles. The van der Waals surface area contributed by atoms with E-state index >= 15 is 0 Å². The Balaban J connectivity index is 1.57. The van der Waals surface area contributed by atoms with Gasteiger partial charge in [0.05, 0.1) is 11.6 Å². The standard InChI is InChI=1S/C21H24N4O/c1-16(21(26)24-19-7-5-6-17(14-19)15-22)23-18-8-10-20(11-9-18)25-12-3-2-4-13-25/h5-11,14,16,23H,2-4,12-13H2,1H3,(H,24,26)/t16-/m1/s1. The molecule has 0 saturated carbocycles. The van der Waals surface area contributed by atoms with Gasteiger partial charge in [0.15, 0.2) is 0 Å². The molecule has 5 nitrogen and oxygen atoms in total. The van der Waals surface area contributed by atoms with Crippen LogP contribution in [0, 0.1) is 11.3 Å². The Morgan fingerprint density at radius 2 is 1.81 bits per heavy atom. The number of hydrogen-bond acceptors (Lipinski definition) is 4. The summed E-state index contributed by atoms with van der Waals surface area (Å²) in [5, 5.41) is 15.0. The van der Waals surface area contributed by atoms with E-state index in [0.717, 1.165) is 18.8 Å². The van der Waals surface area contributed by atoms with Crippen LogP contribution in [0.3, 0.4) is 0 Å². The molecule has 2 aromatic rings. The molecule has 1 heterocycles. The number of nitrogens with one attached hydrogen (secondary N) is 2. The van der Waals surface area contributed by atoms with E-state index in [4.69, 9.17) is 5.26 Å². The lowest BCUT2D eigenvalue weighted by molar-refractivity contribution is -0.116. The normalized spacial score (nSPS) is 15.0. The third-order valence-corrected chi connectivity index (χ3v) is 4.62. The highest BCUT2D eigenvalue weighted by Crippen LogP contribution is 2.22. The number of anilines is 3. The Bertz CT molecular complexity index is 788. The number of amides is 1. The van der Waals surface area contributed by atoms with Gasteiger partial charge in [0, 0.05) is 30.2 Å². The minimum atomic E-state index is -0.387. The first-order chi connectivity index (χ1) is 12.7. The van der Waals surface area contributed by atoms with Gasteiger partial charge < -0.3 is 15.5 Å². The summed E-state index contributed by atoms with van der Waals surface area (Å²) in [6.45, 7) is 4.06. The summed E-state index contributed by atoms with van der Waals surface area (Å²) < 4.78 is 0. The number of benzene rings is 2. The van der Waals surface area contributed by atoms with E-state index in [2.05, 4.69) is 33.7 Å². The van der Waals surface area contributed by atoms with E-state index in [1.807, 2.05) is 19.1 Å². The van der Waals surface area contributed by atoms with Gasteiger partial charge in [-0.25, -0.2) is 0 Å². The van der Waals surface area contributed by atoms with Crippen molar-refractivity contribution in [2.45, 2.75) is 32.2 Å². The maximum Gasteiger partial charge on any atom is 0.246 e. The summed E-state index contributed by atoms with van der Waals surface area (Å²) >= 11 is 0. The van der Waals surface area contributed by atoms with Crippen LogP contribution < -0.4 is 15.5 Å². The van der Waals surface area contributed by atoms with Gasteiger partial charge in [0.25, 0.3) is 0 Å². The SMILES string of the molecule is C[C@@H](Nc1ccc(N2CCCCC2)cc1)C(=O)Nc1cccc(C#N)c1. The summed E-state index contributed by atoms with van der Waals surface area (Å²) in [7, 11) is 0. The summed E-state index contributed by atoms with van der Waals surface area (Å²) in [6, 6.07) is 16.8. The molecule has 1 saturated heterocycles. The molecular weight excluding hydrogens is 324 g/mol. The lowest BCUT2D eigenvalue weighted by Gasteiger charge is -2.29. The van der Waals surface area contributed by atoms with E-state index in [-0.39, 0.29) is 11.9 Å². The van der Waals surface area contributed by atoms with Crippen LogP contribution in [0.2, 0.25) is 0 Å². The number of carbonyl (C=O) groups is 1. The molecule has 1 fully saturated rings. The number of hydrogen-bond donors (Lipinski definition) is 2. The molecule has 3 rings (SSSR count). The first kappa shape index (κ1) is 17.8. The second-order valence-electron chi connectivity index (χ2n) is 6.64. The lowest BCUT2D eigenvalue weighted by atomic mass is 10.1. The molecule has 0 radical (unpaired) electrons. The van der Waals surface area contributed by atoms with Gasteiger partial charge in [-0.3, -0.25) is 4.79 Å². The molecule has 2 N–H and O–H groups in total. The third-order valence-electron chi connectivity index (χ3n) is 4.62. The van der Waals surface area contributed by atoms with Crippen LogP contribution in [-0.4, -0.2) is 25.0 Å². The number of rotatable bonds is 5. The average Bonchev–Trinajstić information content (AvgIpc) is 2.69. The Kier molecular flexibility index (Phi) is 5.75. The second kappa shape index (κ2) is 8.39. The molecule has 0 spiro atoms. The van der Waals surface area contributed by atoms with Crippen molar-refractivity contribution in [2.24, 2.45) is 0 Å². The van der Waals surface area contributed by atoms with Crippen LogP contribution in [-0.2, 0) is 4.79 Å². The van der Waals surface area contributed by atoms with Gasteiger partial charge >= 0.3 is 0 Å². The number of carbonyl (C=O) groups excluding carboxylic acids is 1. The maximum atomic E-state index is 12.4. The monoisotopic (exact) mass is 348 g/mol. The van der Waals surface area contributed by atoms with Crippen LogP contribution >= 0.6 is 0 Å². The molecule has 0 aromatic heterocycles. The first-order valence-corrected chi connectivity index (χ1v) is 9.08. The van der Waals surface area contributed by atoms with E-state index in [1.54, 1.807) is 24.3 Å². The van der Waals surface area contributed by atoms with Gasteiger partial charge in [-0.1, -0.05) is 6.07 Å². The van der Waals surface area contributed by atoms with Gasteiger partial charge in [-0.2, -0.15) is 5.26 Å². The van der Waals surface area contributed by atoms with Crippen LogP contribution in [0.15, 0.2) is 48.5 Å². The predicted molar refractivity (Wildman–Crippen MR) is 105 cm³/mol. The quantitative estimate of drug-likeness (QED) is 0.857. The number of nitriles is 1. The van der Waals surface area contributed by atoms with Crippen molar-refractivity contribution in [3.63, 3.8) is 0 Å². The minimum Gasteiger partial charge on any atom is -0.374 e. The Hall–Kier alpha value is -3.00. The fraction of sp³-hybridized carbons (Fsp3) is 0.333. The Labute approximate surface area is 154 Å². The van der Waals surface area contributed by atoms with E-state index in [9.17, 15) is 4.79 Å². The van der Waals surface area contributed by atoms with Gasteiger partial charge in [-0.15, -0.1) is 0 Å². The molecule has 0 unspecified atom stereocenters. The third kappa shape index (κ3) is 4.54. The molecule has 0 bridgehead atoms. The van der Waals surface area contributed by atoms with Crippen molar-refractivity contribution >= 4 is 23.0 Å². The molecule has 1 amide bonds. The predicted octanol–water partition coefficient (Wildman–Crippen LogP) is 3.99. The van der Waals surface area contributed by atoms with Crippen LogP contribution in [0.5, 0.6) is 0 Å². The van der Waals surface area contributed by atoms with Crippen molar-refractivity contribution in [1.82, 2.24) is 0 Å². The molecule has 1 aliphatic heterocycles. The Morgan fingerprint density at radius 3 is 2.50 bits per heavy atom. The van der Waals surface area contributed by atoms with Gasteiger partial charge in [0.1, 0.15) is 6.04 Å². The fourth-order valence-electron chi connectivity index (χ4n) is 3.15. The minimum absolute atomic E-state index is 0.139. The van der Waals surface area contributed by atoms with Crippen molar-refractivity contribution < 1.29 is 4.79 Å². The zero-order valence-corrected chi connectivity index (χ0v) is 15.0. The van der Waals surface area contributed by atoms with Crippen molar-refractivity contribution in [2.75, 3.05) is 28.6 Å².